The first-order chi connectivity index (χ1) is 12.4. The fourth-order valence-electron chi connectivity index (χ4n) is 2.79. The molecule has 3 aromatic rings. The van der Waals surface area contributed by atoms with E-state index in [-0.39, 0.29) is 10.8 Å². The van der Waals surface area contributed by atoms with Crippen LogP contribution in [0.2, 0.25) is 0 Å². The molecule has 1 N–H and O–H groups in total. The Morgan fingerprint density at radius 2 is 2.04 bits per heavy atom. The number of carbonyl (C=O) groups excluding carboxylic acids is 1. The molecule has 0 atom stereocenters. The molecule has 0 spiro atoms. The summed E-state index contributed by atoms with van der Waals surface area (Å²) in [4.78, 5) is 16.8. The standard InChI is InChI=1S/C16H14BrN3O4S2/c17-14-7-10(9-24-14)15(21)19-16-18-12-4-3-11(8-13(12)25-16)26(22,23)20-5-1-2-6-20/h3-4,7-9H,1-2,5-6H2,(H,18,19,21). The van der Waals surface area contributed by atoms with Crippen molar-refractivity contribution < 1.29 is 17.6 Å². The van der Waals surface area contributed by atoms with E-state index in [1.54, 1.807) is 24.3 Å². The van der Waals surface area contributed by atoms with Crippen LogP contribution < -0.4 is 5.32 Å². The fourth-order valence-corrected chi connectivity index (χ4v) is 5.65. The van der Waals surface area contributed by atoms with Crippen molar-refractivity contribution in [3.05, 3.63) is 40.8 Å². The van der Waals surface area contributed by atoms with Crippen molar-refractivity contribution in [1.82, 2.24) is 9.29 Å². The minimum atomic E-state index is -3.48. The summed E-state index contributed by atoms with van der Waals surface area (Å²) < 4.78 is 33.1. The van der Waals surface area contributed by atoms with Crippen molar-refractivity contribution in [1.29, 1.82) is 0 Å². The Kier molecular flexibility index (Phi) is 4.59. The SMILES string of the molecule is O=C(Nc1nc2ccc(S(=O)(=O)N3CCCC3)cc2s1)c1coc(Br)c1. The summed E-state index contributed by atoms with van der Waals surface area (Å²) in [6, 6.07) is 6.40. The number of anilines is 1. The Hall–Kier alpha value is -1.75. The van der Waals surface area contributed by atoms with Crippen LogP contribution in [0.3, 0.4) is 0 Å². The third-order valence-corrected chi connectivity index (χ3v) is 7.36. The van der Waals surface area contributed by atoms with Crippen LogP contribution in [-0.4, -0.2) is 36.7 Å². The van der Waals surface area contributed by atoms with Crippen molar-refractivity contribution >= 4 is 58.5 Å². The van der Waals surface area contributed by atoms with Gasteiger partial charge in [-0.15, -0.1) is 0 Å². The number of fused-ring (bicyclic) bond motifs is 1. The number of sulfonamides is 1. The number of hydrogen-bond donors (Lipinski definition) is 1. The van der Waals surface area contributed by atoms with E-state index in [9.17, 15) is 13.2 Å². The van der Waals surface area contributed by atoms with Gasteiger partial charge in [-0.2, -0.15) is 4.31 Å². The highest BCUT2D eigenvalue weighted by Gasteiger charge is 2.27. The number of furan rings is 1. The lowest BCUT2D eigenvalue weighted by Gasteiger charge is -2.15. The molecular formula is C16H14BrN3O4S2. The van der Waals surface area contributed by atoms with Gasteiger partial charge >= 0.3 is 0 Å². The summed E-state index contributed by atoms with van der Waals surface area (Å²) in [5.74, 6) is -0.344. The Morgan fingerprint density at radius 1 is 1.27 bits per heavy atom. The van der Waals surface area contributed by atoms with Crippen LogP contribution in [0.1, 0.15) is 23.2 Å². The van der Waals surface area contributed by atoms with Gasteiger partial charge in [0.25, 0.3) is 5.91 Å². The fraction of sp³-hybridized carbons (Fsp3) is 0.250. The maximum atomic E-state index is 12.7. The smallest absolute Gasteiger partial charge is 0.260 e. The van der Waals surface area contributed by atoms with Gasteiger partial charge in [-0.1, -0.05) is 11.3 Å². The summed E-state index contributed by atoms with van der Waals surface area (Å²) in [5, 5.41) is 3.10. The van der Waals surface area contributed by atoms with Gasteiger partial charge in [0.05, 0.1) is 20.7 Å². The van der Waals surface area contributed by atoms with E-state index in [4.69, 9.17) is 4.42 Å². The number of carbonyl (C=O) groups is 1. The first kappa shape index (κ1) is 17.7. The third kappa shape index (κ3) is 3.29. The highest BCUT2D eigenvalue weighted by Crippen LogP contribution is 2.30. The van der Waals surface area contributed by atoms with E-state index in [2.05, 4.69) is 26.2 Å². The Labute approximate surface area is 162 Å². The Bertz CT molecular complexity index is 1080. The lowest BCUT2D eigenvalue weighted by molar-refractivity contribution is 0.102. The molecule has 136 valence electrons. The first-order valence-corrected chi connectivity index (χ1v) is 10.9. The van der Waals surface area contributed by atoms with Crippen molar-refractivity contribution in [2.45, 2.75) is 17.7 Å². The molecule has 7 nitrogen and oxygen atoms in total. The zero-order chi connectivity index (χ0) is 18.3. The van der Waals surface area contributed by atoms with Gasteiger partial charge in [-0.05, 0) is 47.0 Å². The van der Waals surface area contributed by atoms with Crippen molar-refractivity contribution in [2.75, 3.05) is 18.4 Å². The summed E-state index contributed by atoms with van der Waals surface area (Å²) in [7, 11) is -3.48. The minimum absolute atomic E-state index is 0.257. The number of aromatic nitrogens is 1. The average Bonchev–Trinajstić information content (AvgIpc) is 3.34. The number of amides is 1. The molecule has 4 rings (SSSR count). The van der Waals surface area contributed by atoms with Gasteiger partial charge in [0.1, 0.15) is 6.26 Å². The van der Waals surface area contributed by atoms with Crippen molar-refractivity contribution in [3.63, 3.8) is 0 Å². The number of benzene rings is 1. The monoisotopic (exact) mass is 455 g/mol. The predicted molar refractivity (Wildman–Crippen MR) is 102 cm³/mol. The van der Waals surface area contributed by atoms with Crippen LogP contribution >= 0.6 is 27.3 Å². The molecular weight excluding hydrogens is 442 g/mol. The molecule has 10 heteroatoms. The molecule has 1 saturated heterocycles. The second kappa shape index (κ2) is 6.76. The lowest BCUT2D eigenvalue weighted by Crippen LogP contribution is -2.27. The summed E-state index contributed by atoms with van der Waals surface area (Å²) in [5.41, 5.74) is 1.01. The van der Waals surface area contributed by atoms with E-state index in [1.807, 2.05) is 0 Å². The van der Waals surface area contributed by atoms with E-state index in [0.29, 0.717) is 38.7 Å². The highest BCUT2D eigenvalue weighted by atomic mass is 79.9. The van der Waals surface area contributed by atoms with Gasteiger partial charge in [0.15, 0.2) is 9.80 Å². The number of halogens is 1. The zero-order valence-corrected chi connectivity index (χ0v) is 16.7. The number of nitrogens with one attached hydrogen (secondary N) is 1. The van der Waals surface area contributed by atoms with Crippen LogP contribution in [0.25, 0.3) is 10.2 Å². The maximum Gasteiger partial charge on any atom is 0.260 e. The largest absolute Gasteiger partial charge is 0.457 e. The van der Waals surface area contributed by atoms with Crippen LogP contribution in [0.4, 0.5) is 5.13 Å². The number of nitrogens with zero attached hydrogens (tertiary/aromatic N) is 2. The Morgan fingerprint density at radius 3 is 2.73 bits per heavy atom. The molecule has 1 aliphatic rings. The van der Waals surface area contributed by atoms with Crippen molar-refractivity contribution in [2.24, 2.45) is 0 Å². The van der Waals surface area contributed by atoms with Crippen LogP contribution in [0, 0.1) is 0 Å². The van der Waals surface area contributed by atoms with Gasteiger partial charge < -0.3 is 4.42 Å². The van der Waals surface area contributed by atoms with E-state index < -0.39 is 10.0 Å². The second-order valence-electron chi connectivity index (χ2n) is 5.85. The second-order valence-corrected chi connectivity index (χ2v) is 9.60. The molecule has 1 aromatic carbocycles. The third-order valence-electron chi connectivity index (χ3n) is 4.11. The quantitative estimate of drug-likeness (QED) is 0.647. The molecule has 0 unspecified atom stereocenters. The van der Waals surface area contributed by atoms with Gasteiger partial charge in [0.2, 0.25) is 10.0 Å². The first-order valence-electron chi connectivity index (χ1n) is 7.89. The predicted octanol–water partition coefficient (Wildman–Crippen LogP) is 3.69. The molecule has 1 fully saturated rings. The van der Waals surface area contributed by atoms with E-state index in [1.165, 1.54) is 21.9 Å². The lowest BCUT2D eigenvalue weighted by atomic mass is 10.3. The highest BCUT2D eigenvalue weighted by molar-refractivity contribution is 9.10. The number of rotatable bonds is 4. The van der Waals surface area contributed by atoms with Crippen LogP contribution in [0.15, 0.2) is 44.5 Å². The molecule has 0 bridgehead atoms. The van der Waals surface area contributed by atoms with Crippen molar-refractivity contribution in [3.8, 4) is 0 Å². The molecule has 0 aliphatic carbocycles. The normalized spacial score (nSPS) is 15.6. The molecule has 1 aliphatic heterocycles. The topological polar surface area (TPSA) is 92.5 Å². The van der Waals surface area contributed by atoms with Gasteiger partial charge in [-0.3, -0.25) is 10.1 Å². The molecule has 26 heavy (non-hydrogen) atoms. The number of hydrogen-bond acceptors (Lipinski definition) is 6. The zero-order valence-electron chi connectivity index (χ0n) is 13.4. The molecule has 0 radical (unpaired) electrons. The molecule has 3 heterocycles. The molecule has 1 amide bonds. The summed E-state index contributed by atoms with van der Waals surface area (Å²) in [6.45, 7) is 1.12. The molecule has 2 aromatic heterocycles. The van der Waals surface area contributed by atoms with Gasteiger partial charge in [-0.25, -0.2) is 13.4 Å². The maximum absolute atomic E-state index is 12.7. The van der Waals surface area contributed by atoms with Crippen LogP contribution in [0.5, 0.6) is 0 Å². The molecule has 0 saturated carbocycles. The van der Waals surface area contributed by atoms with Gasteiger partial charge in [0, 0.05) is 19.2 Å². The Balaban J connectivity index is 1.60. The summed E-state index contributed by atoms with van der Waals surface area (Å²) in [6.07, 6.45) is 3.12. The number of thiazole rings is 1. The minimum Gasteiger partial charge on any atom is -0.457 e. The van der Waals surface area contributed by atoms with E-state index >= 15 is 0 Å². The van der Waals surface area contributed by atoms with E-state index in [0.717, 1.165) is 12.8 Å². The summed E-state index contributed by atoms with van der Waals surface area (Å²) >= 11 is 4.38. The van der Waals surface area contributed by atoms with Crippen LogP contribution in [-0.2, 0) is 10.0 Å². The average molecular weight is 456 g/mol.